The van der Waals surface area contributed by atoms with Gasteiger partial charge < -0.3 is 20.5 Å². The van der Waals surface area contributed by atoms with Gasteiger partial charge in [0.1, 0.15) is 6.61 Å². The smallest absolute Gasteiger partial charge is 0.246 e. The minimum Gasteiger partial charge on any atom is -0.392 e. The zero-order valence-electron chi connectivity index (χ0n) is 8.17. The Bertz CT molecular complexity index is 139. The van der Waals surface area contributed by atoms with Crippen molar-refractivity contribution in [3.63, 3.8) is 0 Å². The van der Waals surface area contributed by atoms with E-state index in [1.165, 1.54) is 7.11 Å². The highest BCUT2D eigenvalue weighted by molar-refractivity contribution is 5.77. The third-order valence-corrected chi connectivity index (χ3v) is 1.34. The lowest BCUT2D eigenvalue weighted by Crippen LogP contribution is -2.35. The minimum absolute atomic E-state index is 0.0937. The molecule has 0 bridgehead atoms. The van der Waals surface area contributed by atoms with E-state index in [1.807, 2.05) is 0 Å². The van der Waals surface area contributed by atoms with E-state index in [2.05, 4.69) is 15.4 Å². The summed E-state index contributed by atoms with van der Waals surface area (Å²) in [5.74, 6) is -0.124. The quantitative estimate of drug-likeness (QED) is 0.437. The third-order valence-electron chi connectivity index (χ3n) is 1.34. The van der Waals surface area contributed by atoms with Gasteiger partial charge in [0.15, 0.2) is 0 Å². The molecule has 0 rings (SSSR count). The van der Waals surface area contributed by atoms with Crippen LogP contribution in [0.1, 0.15) is 6.92 Å². The average molecular weight is 190 g/mol. The molecule has 0 spiro atoms. The van der Waals surface area contributed by atoms with Gasteiger partial charge >= 0.3 is 0 Å². The van der Waals surface area contributed by atoms with Gasteiger partial charge in [-0.25, -0.2) is 0 Å². The third kappa shape index (κ3) is 9.26. The summed E-state index contributed by atoms with van der Waals surface area (Å²) >= 11 is 0. The SMILES string of the molecule is COCC(=O)NCCNCC(C)O. The van der Waals surface area contributed by atoms with Crippen molar-refractivity contribution in [2.75, 3.05) is 33.4 Å². The second-order valence-corrected chi connectivity index (χ2v) is 2.84. The Balaban J connectivity index is 3.11. The molecule has 0 saturated carbocycles. The molecule has 5 nitrogen and oxygen atoms in total. The van der Waals surface area contributed by atoms with Crippen LogP contribution in [-0.2, 0) is 9.53 Å². The fourth-order valence-corrected chi connectivity index (χ4v) is 0.783. The highest BCUT2D eigenvalue weighted by Crippen LogP contribution is 1.73. The molecule has 0 aliphatic carbocycles. The number of amides is 1. The number of aliphatic hydroxyl groups is 1. The van der Waals surface area contributed by atoms with Gasteiger partial charge in [0.25, 0.3) is 0 Å². The second kappa shape index (κ2) is 7.97. The summed E-state index contributed by atoms with van der Waals surface area (Å²) in [7, 11) is 1.48. The highest BCUT2D eigenvalue weighted by atomic mass is 16.5. The van der Waals surface area contributed by atoms with Crippen LogP contribution in [-0.4, -0.2) is 50.5 Å². The summed E-state index contributed by atoms with van der Waals surface area (Å²) in [6.07, 6.45) is -0.352. The molecule has 1 unspecified atom stereocenters. The number of rotatable bonds is 7. The van der Waals surface area contributed by atoms with Crippen LogP contribution in [0.2, 0.25) is 0 Å². The molecule has 0 aromatic carbocycles. The molecule has 0 saturated heterocycles. The molecule has 0 heterocycles. The zero-order chi connectivity index (χ0) is 10.1. The van der Waals surface area contributed by atoms with Crippen molar-refractivity contribution >= 4 is 5.91 Å². The molecule has 13 heavy (non-hydrogen) atoms. The van der Waals surface area contributed by atoms with Gasteiger partial charge in [0.2, 0.25) is 5.91 Å². The van der Waals surface area contributed by atoms with Gasteiger partial charge in [-0.3, -0.25) is 4.79 Å². The highest BCUT2D eigenvalue weighted by Gasteiger charge is 1.98. The van der Waals surface area contributed by atoms with Crippen molar-refractivity contribution in [3.8, 4) is 0 Å². The lowest BCUT2D eigenvalue weighted by atomic mass is 10.4. The molecule has 78 valence electrons. The monoisotopic (exact) mass is 190 g/mol. The van der Waals surface area contributed by atoms with Crippen molar-refractivity contribution in [1.82, 2.24) is 10.6 Å². The van der Waals surface area contributed by atoms with Crippen molar-refractivity contribution in [2.24, 2.45) is 0 Å². The Morgan fingerprint density at radius 3 is 2.77 bits per heavy atom. The van der Waals surface area contributed by atoms with Crippen molar-refractivity contribution in [1.29, 1.82) is 0 Å². The number of carbonyl (C=O) groups is 1. The first-order valence-electron chi connectivity index (χ1n) is 4.31. The fourth-order valence-electron chi connectivity index (χ4n) is 0.783. The van der Waals surface area contributed by atoms with Crippen LogP contribution in [0.25, 0.3) is 0 Å². The fraction of sp³-hybridized carbons (Fsp3) is 0.875. The summed E-state index contributed by atoms with van der Waals surface area (Å²) in [6, 6.07) is 0. The van der Waals surface area contributed by atoms with Crippen molar-refractivity contribution in [3.05, 3.63) is 0 Å². The largest absolute Gasteiger partial charge is 0.392 e. The van der Waals surface area contributed by atoms with E-state index in [0.717, 1.165) is 0 Å². The normalized spacial score (nSPS) is 12.5. The van der Waals surface area contributed by atoms with Gasteiger partial charge in [0, 0.05) is 26.7 Å². The van der Waals surface area contributed by atoms with E-state index < -0.39 is 0 Å². The maximum absolute atomic E-state index is 10.8. The number of nitrogens with one attached hydrogen (secondary N) is 2. The molecule has 3 N–H and O–H groups in total. The summed E-state index contributed by atoms with van der Waals surface area (Å²) in [5, 5.41) is 14.5. The molecule has 0 aliphatic heterocycles. The Hall–Kier alpha value is -0.650. The number of ether oxygens (including phenoxy) is 1. The standard InChI is InChI=1S/C8H18N2O3/c1-7(11)5-9-3-4-10-8(12)6-13-2/h7,9,11H,3-6H2,1-2H3,(H,10,12). The molecular weight excluding hydrogens is 172 g/mol. The van der Waals surface area contributed by atoms with Crippen molar-refractivity contribution < 1.29 is 14.6 Å². The molecule has 0 aliphatic rings. The van der Waals surface area contributed by atoms with E-state index in [4.69, 9.17) is 5.11 Å². The van der Waals surface area contributed by atoms with Crippen LogP contribution in [0.4, 0.5) is 0 Å². The van der Waals surface area contributed by atoms with Crippen LogP contribution in [0.15, 0.2) is 0 Å². The molecular formula is C8H18N2O3. The first-order chi connectivity index (χ1) is 6.16. The van der Waals surface area contributed by atoms with E-state index >= 15 is 0 Å². The summed E-state index contributed by atoms with van der Waals surface area (Å²) in [6.45, 7) is 3.54. The summed E-state index contributed by atoms with van der Waals surface area (Å²) < 4.78 is 4.63. The van der Waals surface area contributed by atoms with Crippen LogP contribution in [0, 0.1) is 0 Å². The summed E-state index contributed by atoms with van der Waals surface area (Å²) in [4.78, 5) is 10.8. The van der Waals surface area contributed by atoms with E-state index in [-0.39, 0.29) is 18.6 Å². The Labute approximate surface area is 78.5 Å². The van der Waals surface area contributed by atoms with Gasteiger partial charge in [0.05, 0.1) is 6.10 Å². The molecule has 5 heteroatoms. The van der Waals surface area contributed by atoms with Crippen LogP contribution < -0.4 is 10.6 Å². The lowest BCUT2D eigenvalue weighted by Gasteiger charge is -2.07. The number of methoxy groups -OCH3 is 1. The number of hydrogen-bond acceptors (Lipinski definition) is 4. The van der Waals surface area contributed by atoms with Crippen LogP contribution in [0.3, 0.4) is 0 Å². The molecule has 0 fully saturated rings. The summed E-state index contributed by atoms with van der Waals surface area (Å²) in [5.41, 5.74) is 0. The Morgan fingerprint density at radius 1 is 1.54 bits per heavy atom. The number of aliphatic hydroxyl groups excluding tert-OH is 1. The maximum atomic E-state index is 10.8. The first-order valence-corrected chi connectivity index (χ1v) is 4.31. The predicted octanol–water partition coefficient (Wildman–Crippen LogP) is -1.28. The molecule has 0 aromatic heterocycles. The molecule has 0 aromatic rings. The molecule has 1 atom stereocenters. The topological polar surface area (TPSA) is 70.6 Å². The predicted molar refractivity (Wildman–Crippen MR) is 49.4 cm³/mol. The van der Waals surface area contributed by atoms with Crippen LogP contribution >= 0.6 is 0 Å². The van der Waals surface area contributed by atoms with E-state index in [9.17, 15) is 4.79 Å². The van der Waals surface area contributed by atoms with Crippen molar-refractivity contribution in [2.45, 2.75) is 13.0 Å². The zero-order valence-corrected chi connectivity index (χ0v) is 8.17. The van der Waals surface area contributed by atoms with E-state index in [0.29, 0.717) is 19.6 Å². The number of carbonyl (C=O) groups excluding carboxylic acids is 1. The molecule has 1 amide bonds. The minimum atomic E-state index is -0.352. The second-order valence-electron chi connectivity index (χ2n) is 2.84. The Kier molecular flexibility index (Phi) is 7.57. The maximum Gasteiger partial charge on any atom is 0.246 e. The van der Waals surface area contributed by atoms with Gasteiger partial charge in [-0.15, -0.1) is 0 Å². The molecule has 0 radical (unpaired) electrons. The van der Waals surface area contributed by atoms with Crippen LogP contribution in [0.5, 0.6) is 0 Å². The Morgan fingerprint density at radius 2 is 2.23 bits per heavy atom. The first kappa shape index (κ1) is 12.3. The van der Waals surface area contributed by atoms with E-state index in [1.54, 1.807) is 6.92 Å². The van der Waals surface area contributed by atoms with Gasteiger partial charge in [-0.2, -0.15) is 0 Å². The van der Waals surface area contributed by atoms with Gasteiger partial charge in [-0.1, -0.05) is 0 Å². The lowest BCUT2D eigenvalue weighted by molar-refractivity contribution is -0.124. The average Bonchev–Trinajstić information content (AvgIpc) is 2.03. The number of hydrogen-bond donors (Lipinski definition) is 3. The van der Waals surface area contributed by atoms with Gasteiger partial charge in [-0.05, 0) is 6.92 Å².